The van der Waals surface area contributed by atoms with Crippen LogP contribution in [0.25, 0.3) is 10.9 Å². The maximum absolute atomic E-state index is 13.1. The average molecular weight is 396 g/mol. The SMILES string of the molecule is CCCCN(C)C(=O)CSc1nc2ccccc2c(=O)n1Cc1ccccc1. The zero-order chi connectivity index (χ0) is 19.9. The Morgan fingerprint density at radius 2 is 1.82 bits per heavy atom. The molecule has 0 saturated heterocycles. The molecule has 0 N–H and O–H groups in total. The Hall–Kier alpha value is -2.60. The summed E-state index contributed by atoms with van der Waals surface area (Å²) in [5, 5.41) is 1.17. The minimum atomic E-state index is -0.0799. The Kier molecular flexibility index (Phi) is 6.87. The number of thioether (sulfide) groups is 1. The van der Waals surface area contributed by atoms with Crippen LogP contribution < -0.4 is 5.56 Å². The molecule has 0 bridgehead atoms. The summed E-state index contributed by atoms with van der Waals surface area (Å²) >= 11 is 1.33. The molecule has 6 heteroatoms. The molecule has 0 atom stereocenters. The van der Waals surface area contributed by atoms with Crippen LogP contribution in [0.4, 0.5) is 0 Å². The van der Waals surface area contributed by atoms with Crippen LogP contribution in [0.15, 0.2) is 64.5 Å². The van der Waals surface area contributed by atoms with Crippen molar-refractivity contribution in [2.75, 3.05) is 19.3 Å². The van der Waals surface area contributed by atoms with E-state index in [1.807, 2.05) is 55.6 Å². The van der Waals surface area contributed by atoms with E-state index in [9.17, 15) is 9.59 Å². The second-order valence-corrected chi connectivity index (χ2v) is 7.69. The van der Waals surface area contributed by atoms with E-state index in [2.05, 4.69) is 11.9 Å². The molecule has 0 aliphatic heterocycles. The van der Waals surface area contributed by atoms with Crippen molar-refractivity contribution in [1.29, 1.82) is 0 Å². The number of carbonyl (C=O) groups is 1. The number of aromatic nitrogens is 2. The van der Waals surface area contributed by atoms with Gasteiger partial charge in [0.2, 0.25) is 5.91 Å². The van der Waals surface area contributed by atoms with Gasteiger partial charge < -0.3 is 4.90 Å². The van der Waals surface area contributed by atoms with Gasteiger partial charge >= 0.3 is 0 Å². The Bertz CT molecular complexity index is 1000. The molecule has 28 heavy (non-hydrogen) atoms. The zero-order valence-corrected chi connectivity index (χ0v) is 17.1. The maximum Gasteiger partial charge on any atom is 0.262 e. The van der Waals surface area contributed by atoms with Crippen LogP contribution in [0.5, 0.6) is 0 Å². The van der Waals surface area contributed by atoms with Crippen molar-refractivity contribution in [3.05, 3.63) is 70.5 Å². The number of fused-ring (bicyclic) bond motifs is 1. The van der Waals surface area contributed by atoms with Crippen molar-refractivity contribution in [3.8, 4) is 0 Å². The quantitative estimate of drug-likeness (QED) is 0.430. The van der Waals surface area contributed by atoms with Crippen LogP contribution in [-0.2, 0) is 11.3 Å². The van der Waals surface area contributed by atoms with Crippen molar-refractivity contribution in [1.82, 2.24) is 14.5 Å². The van der Waals surface area contributed by atoms with Gasteiger partial charge in [0.1, 0.15) is 0 Å². The van der Waals surface area contributed by atoms with Crippen molar-refractivity contribution < 1.29 is 4.79 Å². The van der Waals surface area contributed by atoms with Crippen molar-refractivity contribution in [2.45, 2.75) is 31.5 Å². The van der Waals surface area contributed by atoms with Gasteiger partial charge in [-0.25, -0.2) is 4.98 Å². The van der Waals surface area contributed by atoms with E-state index in [0.717, 1.165) is 24.9 Å². The predicted octanol–water partition coefficient (Wildman–Crippen LogP) is 3.80. The number of rotatable bonds is 8. The number of unbranched alkanes of at least 4 members (excludes halogenated alkanes) is 1. The third-order valence-corrected chi connectivity index (χ3v) is 5.57. The normalized spacial score (nSPS) is 10.9. The molecule has 0 aliphatic rings. The van der Waals surface area contributed by atoms with Gasteiger partial charge in [0.25, 0.3) is 5.56 Å². The van der Waals surface area contributed by atoms with Crippen LogP contribution in [0, 0.1) is 0 Å². The first-order valence-electron chi connectivity index (χ1n) is 9.50. The van der Waals surface area contributed by atoms with Crippen LogP contribution >= 0.6 is 11.8 Å². The zero-order valence-electron chi connectivity index (χ0n) is 16.3. The Balaban J connectivity index is 1.90. The topological polar surface area (TPSA) is 55.2 Å². The Labute approximate surface area is 169 Å². The number of amides is 1. The number of hydrogen-bond donors (Lipinski definition) is 0. The maximum atomic E-state index is 13.1. The first-order valence-corrected chi connectivity index (χ1v) is 10.5. The molecule has 0 radical (unpaired) electrons. The van der Waals surface area contributed by atoms with Gasteiger partial charge in [-0.15, -0.1) is 0 Å². The van der Waals surface area contributed by atoms with E-state index in [0.29, 0.717) is 22.6 Å². The van der Waals surface area contributed by atoms with Gasteiger partial charge in [0.05, 0.1) is 23.2 Å². The molecule has 1 heterocycles. The fourth-order valence-electron chi connectivity index (χ4n) is 2.92. The summed E-state index contributed by atoms with van der Waals surface area (Å²) in [5.41, 5.74) is 1.60. The molecule has 5 nitrogen and oxygen atoms in total. The molecular formula is C22H25N3O2S. The average Bonchev–Trinajstić information content (AvgIpc) is 2.73. The Morgan fingerprint density at radius 1 is 1.11 bits per heavy atom. The highest BCUT2D eigenvalue weighted by Gasteiger charge is 2.15. The monoisotopic (exact) mass is 395 g/mol. The summed E-state index contributed by atoms with van der Waals surface area (Å²) in [6.07, 6.45) is 2.04. The summed E-state index contributed by atoms with van der Waals surface area (Å²) in [5.74, 6) is 0.312. The second-order valence-electron chi connectivity index (χ2n) is 6.75. The number of benzene rings is 2. The molecule has 0 spiro atoms. The van der Waals surface area contributed by atoms with Gasteiger partial charge in [-0.3, -0.25) is 14.2 Å². The second kappa shape index (κ2) is 9.55. The van der Waals surface area contributed by atoms with E-state index in [1.165, 1.54) is 11.8 Å². The van der Waals surface area contributed by atoms with Crippen molar-refractivity contribution in [3.63, 3.8) is 0 Å². The highest BCUT2D eigenvalue weighted by atomic mass is 32.2. The van der Waals surface area contributed by atoms with Crippen LogP contribution in [-0.4, -0.2) is 39.7 Å². The highest BCUT2D eigenvalue weighted by molar-refractivity contribution is 7.99. The van der Waals surface area contributed by atoms with E-state index < -0.39 is 0 Å². The standard InChI is InChI=1S/C22H25N3O2S/c1-3-4-14-24(2)20(26)16-28-22-23-19-13-9-8-12-18(19)21(27)25(22)15-17-10-6-5-7-11-17/h5-13H,3-4,14-16H2,1-2H3. The Morgan fingerprint density at radius 3 is 2.57 bits per heavy atom. The predicted molar refractivity (Wildman–Crippen MR) is 115 cm³/mol. The summed E-state index contributed by atoms with van der Waals surface area (Å²) in [7, 11) is 1.82. The van der Waals surface area contributed by atoms with Crippen LogP contribution in [0.2, 0.25) is 0 Å². The molecule has 0 saturated carbocycles. The van der Waals surface area contributed by atoms with Gasteiger partial charge in [-0.2, -0.15) is 0 Å². The highest BCUT2D eigenvalue weighted by Crippen LogP contribution is 2.19. The molecule has 3 aromatic rings. The number of carbonyl (C=O) groups excluding carboxylic acids is 1. The van der Waals surface area contributed by atoms with Crippen LogP contribution in [0.1, 0.15) is 25.3 Å². The third kappa shape index (κ3) is 4.81. The molecule has 2 aromatic carbocycles. The molecule has 0 fully saturated rings. The molecule has 1 aromatic heterocycles. The van der Waals surface area contributed by atoms with Gasteiger partial charge in [0, 0.05) is 13.6 Å². The fourth-order valence-corrected chi connectivity index (χ4v) is 3.86. The summed E-state index contributed by atoms with van der Waals surface area (Å²) in [6, 6.07) is 17.2. The molecule has 0 aliphatic carbocycles. The molecule has 3 rings (SSSR count). The lowest BCUT2D eigenvalue weighted by Gasteiger charge is -2.17. The number of nitrogens with zero attached hydrogens (tertiary/aromatic N) is 3. The molecule has 1 amide bonds. The summed E-state index contributed by atoms with van der Waals surface area (Å²) in [4.78, 5) is 31.9. The smallest absolute Gasteiger partial charge is 0.262 e. The largest absolute Gasteiger partial charge is 0.345 e. The van der Waals surface area contributed by atoms with E-state index >= 15 is 0 Å². The van der Waals surface area contributed by atoms with Gasteiger partial charge in [-0.1, -0.05) is 67.6 Å². The minimum absolute atomic E-state index is 0.0483. The van der Waals surface area contributed by atoms with E-state index in [1.54, 1.807) is 15.5 Å². The van der Waals surface area contributed by atoms with Gasteiger partial charge in [0.15, 0.2) is 5.16 Å². The number of para-hydroxylation sites is 1. The lowest BCUT2D eigenvalue weighted by molar-refractivity contribution is -0.127. The van der Waals surface area contributed by atoms with Crippen molar-refractivity contribution in [2.24, 2.45) is 0 Å². The van der Waals surface area contributed by atoms with E-state index in [4.69, 9.17) is 0 Å². The molecule has 0 unspecified atom stereocenters. The number of hydrogen-bond acceptors (Lipinski definition) is 4. The lowest BCUT2D eigenvalue weighted by Crippen LogP contribution is -2.30. The fraction of sp³-hybridized carbons (Fsp3) is 0.318. The summed E-state index contributed by atoms with van der Waals surface area (Å²) in [6.45, 7) is 3.28. The molecule has 146 valence electrons. The minimum Gasteiger partial charge on any atom is -0.345 e. The first kappa shape index (κ1) is 20.1. The first-order chi connectivity index (χ1) is 13.6. The van der Waals surface area contributed by atoms with Crippen molar-refractivity contribution >= 4 is 28.6 Å². The van der Waals surface area contributed by atoms with Gasteiger partial charge in [-0.05, 0) is 24.1 Å². The summed E-state index contributed by atoms with van der Waals surface area (Å²) < 4.78 is 1.67. The lowest BCUT2D eigenvalue weighted by atomic mass is 10.2. The van der Waals surface area contributed by atoms with E-state index in [-0.39, 0.29) is 17.2 Å². The van der Waals surface area contributed by atoms with Crippen LogP contribution in [0.3, 0.4) is 0 Å². The molecular weight excluding hydrogens is 370 g/mol. The third-order valence-electron chi connectivity index (χ3n) is 4.61.